The summed E-state index contributed by atoms with van der Waals surface area (Å²) in [6.07, 6.45) is 3.27. The van der Waals surface area contributed by atoms with Crippen LogP contribution in [0.2, 0.25) is 0 Å². The highest BCUT2D eigenvalue weighted by Crippen LogP contribution is 2.40. The monoisotopic (exact) mass is 406 g/mol. The van der Waals surface area contributed by atoms with Gasteiger partial charge in [-0.15, -0.1) is 0 Å². The molecule has 3 rings (SSSR count). The largest absolute Gasteiger partial charge is 0.494 e. The molecule has 1 amide bonds. The van der Waals surface area contributed by atoms with Crippen LogP contribution >= 0.6 is 0 Å². The number of carbonyl (C=O) groups excluding carboxylic acids is 1. The maximum atomic E-state index is 12.9. The van der Waals surface area contributed by atoms with Crippen molar-refractivity contribution >= 4 is 27.3 Å². The predicted octanol–water partition coefficient (Wildman–Crippen LogP) is 3.15. The van der Waals surface area contributed by atoms with Gasteiger partial charge in [0.05, 0.1) is 30.3 Å². The fourth-order valence-electron chi connectivity index (χ4n) is 2.90. The summed E-state index contributed by atoms with van der Waals surface area (Å²) in [5.74, 6) is 0.475. The fourth-order valence-corrected chi connectivity index (χ4v) is 3.47. The fraction of sp³-hybridized carbons (Fsp3) is 0.474. The van der Waals surface area contributed by atoms with E-state index in [1.165, 1.54) is 7.11 Å². The van der Waals surface area contributed by atoms with Crippen molar-refractivity contribution in [3.63, 3.8) is 0 Å². The number of aromatic nitrogens is 2. The lowest BCUT2D eigenvalue weighted by molar-refractivity contribution is 0.100. The van der Waals surface area contributed by atoms with Crippen molar-refractivity contribution in [3.05, 3.63) is 35.7 Å². The third-order valence-corrected chi connectivity index (χ3v) is 4.94. The van der Waals surface area contributed by atoms with Crippen molar-refractivity contribution in [2.45, 2.75) is 45.1 Å². The van der Waals surface area contributed by atoms with Crippen molar-refractivity contribution in [1.82, 2.24) is 9.78 Å². The van der Waals surface area contributed by atoms with Crippen molar-refractivity contribution in [2.75, 3.05) is 23.4 Å². The number of hydrogen-bond acceptors (Lipinski definition) is 5. The third-order valence-electron chi connectivity index (χ3n) is 4.35. The highest BCUT2D eigenvalue weighted by atomic mass is 32.2. The molecule has 1 heterocycles. The van der Waals surface area contributed by atoms with E-state index in [-0.39, 0.29) is 11.4 Å². The topological polar surface area (TPSA) is 102 Å². The molecule has 0 saturated heterocycles. The molecule has 0 bridgehead atoms. The van der Waals surface area contributed by atoms with Crippen LogP contribution in [-0.4, -0.2) is 37.5 Å². The number of anilines is 2. The Labute approximate surface area is 165 Å². The van der Waals surface area contributed by atoms with E-state index in [4.69, 9.17) is 4.74 Å². The second kappa shape index (κ2) is 7.12. The minimum absolute atomic E-state index is 0.278. The van der Waals surface area contributed by atoms with Gasteiger partial charge in [0, 0.05) is 17.7 Å². The number of amides is 1. The smallest absolute Gasteiger partial charge is 0.273 e. The number of nitrogens with zero attached hydrogens (tertiary/aromatic N) is 2. The lowest BCUT2D eigenvalue weighted by Crippen LogP contribution is -2.29. The summed E-state index contributed by atoms with van der Waals surface area (Å²) < 4.78 is 32.3. The number of carbonyl (C=O) groups is 1. The Morgan fingerprint density at radius 2 is 1.93 bits per heavy atom. The number of sulfonamides is 1. The predicted molar refractivity (Wildman–Crippen MR) is 109 cm³/mol. The number of methoxy groups -OCH3 is 1. The van der Waals surface area contributed by atoms with Gasteiger partial charge >= 0.3 is 0 Å². The molecule has 1 saturated carbocycles. The molecular weight excluding hydrogens is 380 g/mol. The van der Waals surface area contributed by atoms with E-state index in [2.05, 4.69) is 15.1 Å². The van der Waals surface area contributed by atoms with Crippen molar-refractivity contribution in [2.24, 2.45) is 0 Å². The van der Waals surface area contributed by atoms with Gasteiger partial charge in [0.2, 0.25) is 10.0 Å². The number of benzene rings is 1. The minimum atomic E-state index is -3.44. The molecule has 0 atom stereocenters. The van der Waals surface area contributed by atoms with Crippen molar-refractivity contribution in [1.29, 1.82) is 0 Å². The lowest BCUT2D eigenvalue weighted by Gasteiger charge is -2.22. The molecule has 2 N–H and O–H groups in total. The number of ether oxygens (including phenoxy) is 1. The van der Waals surface area contributed by atoms with Crippen LogP contribution in [0.15, 0.2) is 24.3 Å². The molecule has 2 aromatic rings. The van der Waals surface area contributed by atoms with Crippen LogP contribution in [0, 0.1) is 0 Å². The normalized spacial score (nSPS) is 14.6. The van der Waals surface area contributed by atoms with Crippen LogP contribution in [0.5, 0.6) is 5.75 Å². The summed E-state index contributed by atoms with van der Waals surface area (Å²) in [5, 5.41) is 7.50. The highest BCUT2D eigenvalue weighted by molar-refractivity contribution is 7.92. The first-order valence-corrected chi connectivity index (χ1v) is 10.9. The standard InChI is InChI=1S/C19H26N4O4S/c1-19(2,3)23-16(11-15(21-23)12-6-7-12)18(24)20-13-8-9-14(17(10-13)27-4)22-28(5,25)26/h8-12,22H,6-7H2,1-5H3,(H,20,24). The Kier molecular flexibility index (Phi) is 5.14. The van der Waals surface area contributed by atoms with E-state index in [9.17, 15) is 13.2 Å². The second-order valence-electron chi connectivity index (χ2n) is 8.05. The molecule has 0 radical (unpaired) electrons. The van der Waals surface area contributed by atoms with E-state index in [0.29, 0.717) is 28.7 Å². The van der Waals surface area contributed by atoms with Gasteiger partial charge in [0.25, 0.3) is 5.91 Å². The molecule has 1 aromatic carbocycles. The molecule has 1 aliphatic rings. The molecule has 1 aromatic heterocycles. The summed E-state index contributed by atoms with van der Waals surface area (Å²) in [4.78, 5) is 12.9. The molecule has 9 heteroatoms. The number of rotatable bonds is 6. The maximum Gasteiger partial charge on any atom is 0.273 e. The van der Waals surface area contributed by atoms with Crippen LogP contribution in [-0.2, 0) is 15.6 Å². The first-order chi connectivity index (χ1) is 13.0. The van der Waals surface area contributed by atoms with Crippen LogP contribution in [0.25, 0.3) is 0 Å². The average molecular weight is 407 g/mol. The van der Waals surface area contributed by atoms with E-state index >= 15 is 0 Å². The van der Waals surface area contributed by atoms with E-state index < -0.39 is 10.0 Å². The zero-order valence-electron chi connectivity index (χ0n) is 16.7. The Balaban J connectivity index is 1.87. The first-order valence-electron chi connectivity index (χ1n) is 9.05. The zero-order valence-corrected chi connectivity index (χ0v) is 17.6. The molecule has 0 spiro atoms. The van der Waals surface area contributed by atoms with Gasteiger partial charge in [0.1, 0.15) is 11.4 Å². The van der Waals surface area contributed by atoms with E-state index in [0.717, 1.165) is 24.8 Å². The quantitative estimate of drug-likeness (QED) is 0.767. The molecule has 0 aliphatic heterocycles. The van der Waals surface area contributed by atoms with Gasteiger partial charge < -0.3 is 10.1 Å². The van der Waals surface area contributed by atoms with Crippen molar-refractivity contribution < 1.29 is 17.9 Å². The Bertz CT molecular complexity index is 1000. The number of hydrogen-bond donors (Lipinski definition) is 2. The van der Waals surface area contributed by atoms with Gasteiger partial charge in [-0.25, -0.2) is 8.42 Å². The Hall–Kier alpha value is -2.55. The van der Waals surface area contributed by atoms with Crippen molar-refractivity contribution in [3.8, 4) is 5.75 Å². The summed E-state index contributed by atoms with van der Waals surface area (Å²) in [7, 11) is -2.00. The zero-order chi connectivity index (χ0) is 20.7. The second-order valence-corrected chi connectivity index (χ2v) is 9.80. The summed E-state index contributed by atoms with van der Waals surface area (Å²) >= 11 is 0. The molecule has 0 unspecified atom stereocenters. The van der Waals surface area contributed by atoms with Crippen LogP contribution < -0.4 is 14.8 Å². The van der Waals surface area contributed by atoms with Gasteiger partial charge in [-0.3, -0.25) is 14.2 Å². The van der Waals surface area contributed by atoms with Gasteiger partial charge in [-0.05, 0) is 51.8 Å². The van der Waals surface area contributed by atoms with Gasteiger partial charge in [0.15, 0.2) is 0 Å². The summed E-state index contributed by atoms with van der Waals surface area (Å²) in [6.45, 7) is 6.01. The molecule has 28 heavy (non-hydrogen) atoms. The Morgan fingerprint density at radius 3 is 2.46 bits per heavy atom. The molecular formula is C19H26N4O4S. The van der Waals surface area contributed by atoms with Gasteiger partial charge in [-0.2, -0.15) is 5.10 Å². The summed E-state index contributed by atoms with van der Waals surface area (Å²) in [6, 6.07) is 6.60. The molecule has 1 aliphatic carbocycles. The van der Waals surface area contributed by atoms with Crippen LogP contribution in [0.1, 0.15) is 55.7 Å². The van der Waals surface area contributed by atoms with Gasteiger partial charge in [-0.1, -0.05) is 0 Å². The molecule has 1 fully saturated rings. The summed E-state index contributed by atoms with van der Waals surface area (Å²) in [5.41, 5.74) is 1.91. The lowest BCUT2D eigenvalue weighted by atomic mass is 10.1. The van der Waals surface area contributed by atoms with Crippen LogP contribution in [0.4, 0.5) is 11.4 Å². The Morgan fingerprint density at radius 1 is 1.25 bits per heavy atom. The SMILES string of the molecule is COc1cc(NC(=O)c2cc(C3CC3)nn2C(C)(C)C)ccc1NS(C)(=O)=O. The molecule has 8 nitrogen and oxygen atoms in total. The van der Waals surface area contributed by atoms with Crippen LogP contribution in [0.3, 0.4) is 0 Å². The number of nitrogens with one attached hydrogen (secondary N) is 2. The highest BCUT2D eigenvalue weighted by Gasteiger charge is 2.31. The average Bonchev–Trinajstić information content (AvgIpc) is 3.31. The molecule has 152 valence electrons. The third kappa shape index (κ3) is 4.64. The first kappa shape index (κ1) is 20.2. The van der Waals surface area contributed by atoms with E-state index in [1.54, 1.807) is 22.9 Å². The maximum absolute atomic E-state index is 12.9. The van der Waals surface area contributed by atoms with E-state index in [1.807, 2.05) is 26.8 Å². The minimum Gasteiger partial charge on any atom is -0.494 e.